The molecule has 1 aromatic heterocycles. The number of nitrogens with one attached hydrogen (secondary N) is 3. The number of H-pyrrole nitrogens is 1. The summed E-state index contributed by atoms with van der Waals surface area (Å²) in [4.78, 5) is 27.9. The molecule has 2 rings (SSSR count). The number of hydrogen-bond donors (Lipinski definition) is 4. The van der Waals surface area contributed by atoms with Gasteiger partial charge in [-0.05, 0) is 30.2 Å². The van der Waals surface area contributed by atoms with Crippen LogP contribution in [0.15, 0.2) is 24.3 Å². The van der Waals surface area contributed by atoms with Gasteiger partial charge in [0.1, 0.15) is 11.6 Å². The van der Waals surface area contributed by atoms with Crippen LogP contribution in [-0.4, -0.2) is 46.7 Å². The molecule has 0 radical (unpaired) electrons. The van der Waals surface area contributed by atoms with Gasteiger partial charge in [0.05, 0.1) is 26.2 Å². The Morgan fingerprint density at radius 2 is 1.89 bits per heavy atom. The van der Waals surface area contributed by atoms with Gasteiger partial charge in [-0.3, -0.25) is 14.7 Å². The summed E-state index contributed by atoms with van der Waals surface area (Å²) in [6.07, 6.45) is 0. The minimum Gasteiger partial charge on any atom is -0.497 e. The van der Waals surface area contributed by atoms with Crippen LogP contribution < -0.4 is 21.1 Å². The van der Waals surface area contributed by atoms with E-state index in [1.165, 1.54) is 0 Å². The molecule has 2 aromatic rings. The smallest absolute Gasteiger partial charge is 0.239 e. The predicted molar refractivity (Wildman–Crippen MR) is 103 cm³/mol. The lowest BCUT2D eigenvalue weighted by atomic mass is 10.1. The molecule has 0 saturated carbocycles. The highest BCUT2D eigenvalue weighted by atomic mass is 35.5. The van der Waals surface area contributed by atoms with Gasteiger partial charge in [-0.25, -0.2) is 4.98 Å². The van der Waals surface area contributed by atoms with Crippen molar-refractivity contribution >= 4 is 24.2 Å². The number of aromatic nitrogens is 3. The van der Waals surface area contributed by atoms with Crippen LogP contribution in [-0.2, 0) is 16.1 Å². The fourth-order valence-corrected chi connectivity index (χ4v) is 2.08. The molecule has 0 aliphatic carbocycles. The van der Waals surface area contributed by atoms with Gasteiger partial charge in [-0.1, -0.05) is 13.8 Å². The van der Waals surface area contributed by atoms with Crippen LogP contribution in [0.5, 0.6) is 5.75 Å². The number of carbonyl (C=O) groups excluding carboxylic acids is 2. The second-order valence-electron chi connectivity index (χ2n) is 6.10. The van der Waals surface area contributed by atoms with Crippen LogP contribution in [0.3, 0.4) is 0 Å². The molecule has 0 spiro atoms. The van der Waals surface area contributed by atoms with E-state index < -0.39 is 6.04 Å². The van der Waals surface area contributed by atoms with Crippen LogP contribution >= 0.6 is 12.4 Å². The van der Waals surface area contributed by atoms with Crippen LogP contribution in [0.2, 0.25) is 0 Å². The number of aromatic amines is 1. The van der Waals surface area contributed by atoms with E-state index in [0.717, 1.165) is 11.3 Å². The van der Waals surface area contributed by atoms with Crippen LogP contribution in [0.4, 0.5) is 0 Å². The van der Waals surface area contributed by atoms with Gasteiger partial charge < -0.3 is 21.1 Å². The second-order valence-corrected chi connectivity index (χ2v) is 6.10. The maximum atomic E-state index is 11.8. The Bertz CT molecular complexity index is 747. The number of carbonyl (C=O) groups is 2. The highest BCUT2D eigenvalue weighted by Gasteiger charge is 2.17. The van der Waals surface area contributed by atoms with Crippen molar-refractivity contribution in [2.24, 2.45) is 11.7 Å². The second kappa shape index (κ2) is 10.5. The first kappa shape index (κ1) is 22.4. The fourth-order valence-electron chi connectivity index (χ4n) is 2.08. The van der Waals surface area contributed by atoms with E-state index in [0.29, 0.717) is 11.6 Å². The molecule has 5 N–H and O–H groups in total. The molecule has 1 aromatic carbocycles. The Labute approximate surface area is 163 Å². The molecule has 1 heterocycles. The molecular formula is C17H25ClN6O3. The van der Waals surface area contributed by atoms with Crippen LogP contribution in [0.1, 0.15) is 19.7 Å². The molecule has 9 nitrogen and oxygen atoms in total. The number of methoxy groups -OCH3 is 1. The zero-order chi connectivity index (χ0) is 19.1. The van der Waals surface area contributed by atoms with E-state index in [2.05, 4.69) is 25.8 Å². The Morgan fingerprint density at radius 1 is 1.22 bits per heavy atom. The topological polar surface area (TPSA) is 135 Å². The van der Waals surface area contributed by atoms with E-state index in [9.17, 15) is 9.59 Å². The SMILES string of the molecule is COc1ccc(-c2n[nH]c(CNC(=O)CNC(=O)[C@@H](N)C(C)C)n2)cc1.Cl. The first-order valence-corrected chi connectivity index (χ1v) is 8.26. The third-order valence-electron chi connectivity index (χ3n) is 3.78. The lowest BCUT2D eigenvalue weighted by Crippen LogP contribution is -2.47. The van der Waals surface area contributed by atoms with Gasteiger partial charge >= 0.3 is 0 Å². The maximum absolute atomic E-state index is 11.8. The first-order chi connectivity index (χ1) is 12.4. The standard InChI is InChI=1S/C17H24N6O3.ClH/c1-10(2)15(18)17(25)20-9-14(24)19-8-13-21-16(23-22-13)11-4-6-12(26-3)7-5-11;/h4-7,10,15H,8-9,18H2,1-3H3,(H,19,24)(H,20,25)(H,21,22,23);1H/t15-;/m0./s1. The minimum absolute atomic E-state index is 0. The third kappa shape index (κ3) is 6.54. The Balaban J connectivity index is 0.00000364. The molecule has 0 aliphatic rings. The van der Waals surface area contributed by atoms with E-state index in [4.69, 9.17) is 10.5 Å². The van der Waals surface area contributed by atoms with Gasteiger partial charge in [0.15, 0.2) is 5.82 Å². The number of ether oxygens (including phenoxy) is 1. The summed E-state index contributed by atoms with van der Waals surface area (Å²) in [5.74, 6) is 1.09. The molecule has 0 aliphatic heterocycles. The number of benzene rings is 1. The molecule has 0 bridgehead atoms. The van der Waals surface area contributed by atoms with Gasteiger partial charge in [-0.15, -0.1) is 12.4 Å². The van der Waals surface area contributed by atoms with E-state index in [-0.39, 0.29) is 43.2 Å². The lowest BCUT2D eigenvalue weighted by Gasteiger charge is -2.14. The van der Waals surface area contributed by atoms with Crippen molar-refractivity contribution in [2.45, 2.75) is 26.4 Å². The average molecular weight is 397 g/mol. The number of rotatable bonds is 8. The third-order valence-corrected chi connectivity index (χ3v) is 3.78. The van der Waals surface area contributed by atoms with Crippen molar-refractivity contribution < 1.29 is 14.3 Å². The first-order valence-electron chi connectivity index (χ1n) is 8.26. The lowest BCUT2D eigenvalue weighted by molar-refractivity contribution is -0.127. The molecule has 2 amide bonds. The molecule has 27 heavy (non-hydrogen) atoms. The molecule has 0 unspecified atom stereocenters. The molecule has 0 fully saturated rings. The van der Waals surface area contributed by atoms with E-state index >= 15 is 0 Å². The quantitative estimate of drug-likeness (QED) is 0.516. The number of nitrogens with two attached hydrogens (primary N) is 1. The number of amides is 2. The van der Waals surface area contributed by atoms with Gasteiger partial charge in [0, 0.05) is 5.56 Å². The van der Waals surface area contributed by atoms with Crippen molar-refractivity contribution in [3.63, 3.8) is 0 Å². The highest BCUT2D eigenvalue weighted by molar-refractivity contribution is 5.87. The minimum atomic E-state index is -0.635. The van der Waals surface area contributed by atoms with Crippen molar-refractivity contribution in [3.05, 3.63) is 30.1 Å². The molecular weight excluding hydrogens is 372 g/mol. The summed E-state index contributed by atoms with van der Waals surface area (Å²) in [5.41, 5.74) is 6.54. The fraction of sp³-hybridized carbons (Fsp3) is 0.412. The summed E-state index contributed by atoms with van der Waals surface area (Å²) in [7, 11) is 1.60. The normalized spacial score (nSPS) is 11.4. The molecule has 1 atom stereocenters. The summed E-state index contributed by atoms with van der Waals surface area (Å²) in [6, 6.07) is 6.69. The average Bonchev–Trinajstić information content (AvgIpc) is 3.12. The van der Waals surface area contributed by atoms with E-state index in [1.807, 2.05) is 38.1 Å². The monoisotopic (exact) mass is 396 g/mol. The Hall–Kier alpha value is -2.65. The molecule has 0 saturated heterocycles. The van der Waals surface area contributed by atoms with Crippen molar-refractivity contribution in [2.75, 3.05) is 13.7 Å². The Kier molecular flexibility index (Phi) is 8.70. The predicted octanol–water partition coefficient (Wildman–Crippen LogP) is 0.618. The van der Waals surface area contributed by atoms with Crippen LogP contribution in [0, 0.1) is 5.92 Å². The maximum Gasteiger partial charge on any atom is 0.239 e. The van der Waals surface area contributed by atoms with E-state index in [1.54, 1.807) is 7.11 Å². The van der Waals surface area contributed by atoms with Crippen LogP contribution in [0.25, 0.3) is 11.4 Å². The number of nitrogens with zero attached hydrogens (tertiary/aromatic N) is 2. The number of halogens is 1. The highest BCUT2D eigenvalue weighted by Crippen LogP contribution is 2.18. The van der Waals surface area contributed by atoms with Gasteiger partial charge in [0.2, 0.25) is 11.8 Å². The van der Waals surface area contributed by atoms with Gasteiger partial charge in [-0.2, -0.15) is 5.10 Å². The van der Waals surface area contributed by atoms with Crippen molar-refractivity contribution in [1.82, 2.24) is 25.8 Å². The number of hydrogen-bond acceptors (Lipinski definition) is 6. The summed E-state index contributed by atoms with van der Waals surface area (Å²) >= 11 is 0. The summed E-state index contributed by atoms with van der Waals surface area (Å²) in [6.45, 7) is 3.72. The summed E-state index contributed by atoms with van der Waals surface area (Å²) < 4.78 is 5.11. The molecule has 10 heteroatoms. The zero-order valence-corrected chi connectivity index (χ0v) is 16.3. The summed E-state index contributed by atoms with van der Waals surface area (Å²) in [5, 5.41) is 12.1. The largest absolute Gasteiger partial charge is 0.497 e. The molecule has 148 valence electrons. The van der Waals surface area contributed by atoms with Crippen molar-refractivity contribution in [3.8, 4) is 17.1 Å². The zero-order valence-electron chi connectivity index (χ0n) is 15.5. The van der Waals surface area contributed by atoms with Crippen molar-refractivity contribution in [1.29, 1.82) is 0 Å². The van der Waals surface area contributed by atoms with Gasteiger partial charge in [0.25, 0.3) is 0 Å². The Morgan fingerprint density at radius 3 is 2.48 bits per heavy atom.